The summed E-state index contributed by atoms with van der Waals surface area (Å²) in [6, 6.07) is 4.58. The molecule has 3 unspecified atom stereocenters. The fraction of sp³-hybridized carbons (Fsp3) is 0.520. The molecule has 168 valence electrons. The van der Waals surface area contributed by atoms with Crippen LogP contribution in [0.1, 0.15) is 65.4 Å². The molecule has 0 aliphatic carbocycles. The van der Waals surface area contributed by atoms with E-state index in [-0.39, 0.29) is 5.92 Å². The minimum Gasteiger partial charge on any atom is -0.486 e. The molecule has 5 heteroatoms. The van der Waals surface area contributed by atoms with Gasteiger partial charge < -0.3 is 4.74 Å². The summed E-state index contributed by atoms with van der Waals surface area (Å²) < 4.78 is 59.9. The lowest BCUT2D eigenvalue weighted by atomic mass is 9.79. The van der Waals surface area contributed by atoms with E-state index < -0.39 is 23.5 Å². The molecule has 0 radical (unpaired) electrons. The first-order chi connectivity index (χ1) is 14.0. The van der Waals surface area contributed by atoms with Crippen molar-refractivity contribution in [2.75, 3.05) is 0 Å². The highest BCUT2D eigenvalue weighted by molar-refractivity contribution is 5.31. The highest BCUT2D eigenvalue weighted by atomic mass is 19.4. The van der Waals surface area contributed by atoms with Crippen molar-refractivity contribution in [3.05, 3.63) is 66.3 Å². The summed E-state index contributed by atoms with van der Waals surface area (Å²) in [5.74, 6) is 0.0636. The van der Waals surface area contributed by atoms with Gasteiger partial charge in [-0.3, -0.25) is 0 Å². The average molecular weight is 427 g/mol. The number of rotatable bonds is 12. The number of allylic oxidation sites excluding steroid dienone is 3. The molecule has 0 bridgehead atoms. The van der Waals surface area contributed by atoms with Crippen LogP contribution in [0.2, 0.25) is 0 Å². The molecule has 0 aliphatic rings. The lowest BCUT2D eigenvalue weighted by molar-refractivity contribution is -0.137. The Kier molecular flexibility index (Phi) is 10.4. The van der Waals surface area contributed by atoms with Gasteiger partial charge in [0.2, 0.25) is 0 Å². The lowest BCUT2D eigenvalue weighted by Gasteiger charge is -2.33. The van der Waals surface area contributed by atoms with Gasteiger partial charge in [-0.15, -0.1) is 0 Å². The second kappa shape index (κ2) is 12.0. The molecule has 3 atom stereocenters. The SMILES string of the molecule is C=C(/C=C\C=C/C)C(CC(CCC)C(C)(F)CCC)Oc1ccc(C(F)(F)F)cc1. The summed E-state index contributed by atoms with van der Waals surface area (Å²) in [6.07, 6.45) is 5.52. The molecule has 0 fully saturated rings. The van der Waals surface area contributed by atoms with Crippen molar-refractivity contribution in [3.8, 4) is 5.75 Å². The first-order valence-corrected chi connectivity index (χ1v) is 10.6. The van der Waals surface area contributed by atoms with Crippen LogP contribution in [0.15, 0.2) is 60.7 Å². The van der Waals surface area contributed by atoms with Gasteiger partial charge in [-0.05, 0) is 68.9 Å². The molecule has 0 aromatic heterocycles. The quantitative estimate of drug-likeness (QED) is 0.240. The molecular weight excluding hydrogens is 392 g/mol. The molecule has 0 N–H and O–H groups in total. The van der Waals surface area contributed by atoms with E-state index in [1.54, 1.807) is 13.0 Å². The van der Waals surface area contributed by atoms with E-state index >= 15 is 4.39 Å². The van der Waals surface area contributed by atoms with Crippen LogP contribution in [0.4, 0.5) is 17.6 Å². The molecule has 1 nitrogen and oxygen atoms in total. The molecule has 1 rings (SSSR count). The van der Waals surface area contributed by atoms with Gasteiger partial charge in [0, 0.05) is 0 Å². The molecule has 0 aliphatic heterocycles. The molecule has 0 saturated heterocycles. The van der Waals surface area contributed by atoms with Crippen LogP contribution in [-0.4, -0.2) is 11.8 Å². The molecule has 1 aromatic carbocycles. The summed E-state index contributed by atoms with van der Waals surface area (Å²) in [4.78, 5) is 0. The van der Waals surface area contributed by atoms with Gasteiger partial charge in [0.05, 0.1) is 5.56 Å². The molecule has 1 aromatic rings. The van der Waals surface area contributed by atoms with Crippen LogP contribution in [0.3, 0.4) is 0 Å². The van der Waals surface area contributed by atoms with Crippen molar-refractivity contribution >= 4 is 0 Å². The maximum atomic E-state index is 15.4. The van der Waals surface area contributed by atoms with E-state index in [1.165, 1.54) is 12.1 Å². The fourth-order valence-electron chi connectivity index (χ4n) is 3.52. The topological polar surface area (TPSA) is 9.23 Å². The minimum atomic E-state index is -4.40. The number of halogens is 4. The van der Waals surface area contributed by atoms with Crippen LogP contribution in [-0.2, 0) is 6.18 Å². The van der Waals surface area contributed by atoms with Gasteiger partial charge in [-0.1, -0.05) is 57.6 Å². The van der Waals surface area contributed by atoms with Crippen molar-refractivity contribution in [2.24, 2.45) is 5.92 Å². The van der Waals surface area contributed by atoms with Gasteiger partial charge in [0.25, 0.3) is 0 Å². The summed E-state index contributed by atoms with van der Waals surface area (Å²) in [5.41, 5.74) is -1.43. The van der Waals surface area contributed by atoms with Crippen LogP contribution in [0, 0.1) is 5.92 Å². The Hall–Kier alpha value is -2.04. The second-order valence-electron chi connectivity index (χ2n) is 7.84. The standard InChI is InChI=1S/C25H34F4O/c1-6-9-10-12-19(4)23(18-21(11-7-2)24(5,26)17-8-3)30-22-15-13-20(14-16-22)25(27,28)29/h6,9-10,12-16,21,23H,4,7-8,11,17-18H2,1-3,5H3/b9-6-,12-10-. The Bertz CT molecular complexity index is 699. The number of hydrogen-bond acceptors (Lipinski definition) is 1. The van der Waals surface area contributed by atoms with E-state index in [1.807, 2.05) is 39.0 Å². The second-order valence-corrected chi connectivity index (χ2v) is 7.84. The third kappa shape index (κ3) is 8.37. The molecule has 0 amide bonds. The van der Waals surface area contributed by atoms with Gasteiger partial charge >= 0.3 is 6.18 Å². The smallest absolute Gasteiger partial charge is 0.416 e. The van der Waals surface area contributed by atoms with Crippen LogP contribution < -0.4 is 4.74 Å². The Labute approximate surface area is 178 Å². The Morgan fingerprint density at radius 1 is 1.07 bits per heavy atom. The molecule has 0 heterocycles. The Balaban J connectivity index is 3.13. The fourth-order valence-corrected chi connectivity index (χ4v) is 3.52. The van der Waals surface area contributed by atoms with Crippen LogP contribution in [0.5, 0.6) is 5.75 Å². The van der Waals surface area contributed by atoms with Crippen molar-refractivity contribution in [3.63, 3.8) is 0 Å². The molecule has 0 saturated carbocycles. The predicted molar refractivity (Wildman–Crippen MR) is 116 cm³/mol. The zero-order valence-corrected chi connectivity index (χ0v) is 18.4. The van der Waals surface area contributed by atoms with Crippen LogP contribution >= 0.6 is 0 Å². The average Bonchev–Trinajstić information content (AvgIpc) is 2.66. The van der Waals surface area contributed by atoms with Gasteiger partial charge in [0.15, 0.2) is 0 Å². The molecular formula is C25H34F4O. The molecule has 30 heavy (non-hydrogen) atoms. The first-order valence-electron chi connectivity index (χ1n) is 10.6. The maximum Gasteiger partial charge on any atom is 0.416 e. The summed E-state index contributed by atoms with van der Waals surface area (Å²) in [6.45, 7) is 11.6. The number of hydrogen-bond donors (Lipinski definition) is 0. The normalized spacial score (nSPS) is 16.5. The Morgan fingerprint density at radius 3 is 2.20 bits per heavy atom. The molecule has 0 spiro atoms. The monoisotopic (exact) mass is 426 g/mol. The maximum absolute atomic E-state index is 15.4. The Morgan fingerprint density at radius 2 is 1.70 bits per heavy atom. The van der Waals surface area contributed by atoms with E-state index in [9.17, 15) is 13.2 Å². The zero-order valence-electron chi connectivity index (χ0n) is 18.4. The van der Waals surface area contributed by atoms with E-state index in [0.717, 1.165) is 25.0 Å². The lowest BCUT2D eigenvalue weighted by Crippen LogP contribution is -2.34. The highest BCUT2D eigenvalue weighted by Gasteiger charge is 2.35. The largest absolute Gasteiger partial charge is 0.486 e. The minimum absolute atomic E-state index is 0.242. The van der Waals surface area contributed by atoms with Gasteiger partial charge in [0.1, 0.15) is 17.5 Å². The summed E-state index contributed by atoms with van der Waals surface area (Å²) in [5, 5.41) is 0. The van der Waals surface area contributed by atoms with Crippen molar-refractivity contribution in [1.29, 1.82) is 0 Å². The van der Waals surface area contributed by atoms with Crippen molar-refractivity contribution < 1.29 is 22.3 Å². The number of alkyl halides is 4. The van der Waals surface area contributed by atoms with Gasteiger partial charge in [-0.2, -0.15) is 13.2 Å². The highest BCUT2D eigenvalue weighted by Crippen LogP contribution is 2.37. The van der Waals surface area contributed by atoms with E-state index in [2.05, 4.69) is 6.58 Å². The van der Waals surface area contributed by atoms with E-state index in [4.69, 9.17) is 4.74 Å². The number of benzene rings is 1. The van der Waals surface area contributed by atoms with Crippen molar-refractivity contribution in [1.82, 2.24) is 0 Å². The van der Waals surface area contributed by atoms with Crippen molar-refractivity contribution in [2.45, 2.75) is 77.7 Å². The first kappa shape index (κ1) is 26.0. The number of ether oxygens (including phenoxy) is 1. The van der Waals surface area contributed by atoms with Gasteiger partial charge in [-0.25, -0.2) is 4.39 Å². The summed E-state index contributed by atoms with van der Waals surface area (Å²) >= 11 is 0. The zero-order chi connectivity index (χ0) is 22.8. The van der Waals surface area contributed by atoms with Crippen LogP contribution in [0.25, 0.3) is 0 Å². The predicted octanol–water partition coefficient (Wildman–Crippen LogP) is 8.48. The van der Waals surface area contributed by atoms with E-state index in [0.29, 0.717) is 30.6 Å². The third-order valence-corrected chi connectivity index (χ3v) is 5.21. The third-order valence-electron chi connectivity index (χ3n) is 5.21. The summed E-state index contributed by atoms with van der Waals surface area (Å²) in [7, 11) is 0.